The molecule has 0 spiro atoms. The molecule has 7 heteroatoms. The summed E-state index contributed by atoms with van der Waals surface area (Å²) >= 11 is 5.03. The molecule has 0 fully saturated rings. The number of hydrogen-bond donors (Lipinski definition) is 1. The molecule has 0 aliphatic heterocycles. The van der Waals surface area contributed by atoms with E-state index in [9.17, 15) is 4.79 Å². The highest BCUT2D eigenvalue weighted by Gasteiger charge is 2.09. The molecular formula is C11H10BrN3O2S. The van der Waals surface area contributed by atoms with Gasteiger partial charge in [-0.3, -0.25) is 0 Å². The molecule has 0 aromatic carbocycles. The van der Waals surface area contributed by atoms with Crippen LogP contribution < -0.4 is 4.90 Å². The Hall–Kier alpha value is -1.47. The maximum Gasteiger partial charge on any atom is 0.356 e. The van der Waals surface area contributed by atoms with Gasteiger partial charge in [0.2, 0.25) is 0 Å². The van der Waals surface area contributed by atoms with Gasteiger partial charge >= 0.3 is 5.97 Å². The molecule has 18 heavy (non-hydrogen) atoms. The second-order valence-electron chi connectivity index (χ2n) is 3.70. The first-order valence-electron chi connectivity index (χ1n) is 5.07. The zero-order valence-corrected chi connectivity index (χ0v) is 11.9. The van der Waals surface area contributed by atoms with Crippen LogP contribution in [-0.4, -0.2) is 28.3 Å². The molecule has 0 radical (unpaired) electrons. The van der Waals surface area contributed by atoms with Crippen molar-refractivity contribution in [3.63, 3.8) is 0 Å². The number of nitrogens with zero attached hydrogens (tertiary/aromatic N) is 3. The lowest BCUT2D eigenvalue weighted by Crippen LogP contribution is -2.18. The van der Waals surface area contributed by atoms with E-state index in [0.717, 1.165) is 3.79 Å². The van der Waals surface area contributed by atoms with Crippen LogP contribution in [0.2, 0.25) is 0 Å². The Morgan fingerprint density at radius 3 is 2.78 bits per heavy atom. The van der Waals surface area contributed by atoms with Crippen LogP contribution in [0, 0.1) is 0 Å². The molecule has 0 saturated carbocycles. The summed E-state index contributed by atoms with van der Waals surface area (Å²) < 4.78 is 1.08. The van der Waals surface area contributed by atoms with Gasteiger partial charge in [0.15, 0.2) is 11.5 Å². The maximum atomic E-state index is 10.7. The van der Waals surface area contributed by atoms with E-state index < -0.39 is 5.97 Å². The van der Waals surface area contributed by atoms with Gasteiger partial charge in [0.05, 0.1) is 3.79 Å². The zero-order chi connectivity index (χ0) is 13.1. The standard InChI is InChI=1S/C11H10BrN3O2S/c1-15(5-7-4-9(12)18-6-7)10-3-2-8(11(16)17)13-14-10/h2-4,6H,5H2,1H3,(H,16,17). The predicted molar refractivity (Wildman–Crippen MR) is 73.1 cm³/mol. The molecule has 0 aliphatic rings. The van der Waals surface area contributed by atoms with E-state index in [1.807, 2.05) is 18.0 Å². The summed E-state index contributed by atoms with van der Waals surface area (Å²) in [6, 6.07) is 5.14. The first-order valence-corrected chi connectivity index (χ1v) is 6.74. The molecule has 0 aliphatic carbocycles. The van der Waals surface area contributed by atoms with Gasteiger partial charge in [-0.1, -0.05) is 0 Å². The van der Waals surface area contributed by atoms with E-state index in [4.69, 9.17) is 5.11 Å². The lowest BCUT2D eigenvalue weighted by Gasteiger charge is -2.16. The summed E-state index contributed by atoms with van der Waals surface area (Å²) in [5.41, 5.74) is 1.11. The topological polar surface area (TPSA) is 66.3 Å². The van der Waals surface area contributed by atoms with Crippen molar-refractivity contribution < 1.29 is 9.90 Å². The Morgan fingerprint density at radius 1 is 1.50 bits per heavy atom. The number of hydrogen-bond acceptors (Lipinski definition) is 5. The normalized spacial score (nSPS) is 10.3. The van der Waals surface area contributed by atoms with Gasteiger partial charge in [0, 0.05) is 13.6 Å². The average Bonchev–Trinajstić information content (AvgIpc) is 2.75. The van der Waals surface area contributed by atoms with E-state index in [1.165, 1.54) is 11.6 Å². The lowest BCUT2D eigenvalue weighted by molar-refractivity contribution is 0.0689. The predicted octanol–water partition coefficient (Wildman–Crippen LogP) is 2.64. The number of rotatable bonds is 4. The van der Waals surface area contributed by atoms with Gasteiger partial charge < -0.3 is 10.0 Å². The molecule has 2 rings (SSSR count). The monoisotopic (exact) mass is 327 g/mol. The van der Waals surface area contributed by atoms with Crippen LogP contribution in [-0.2, 0) is 6.54 Å². The Kier molecular flexibility index (Phi) is 3.93. The van der Waals surface area contributed by atoms with Crippen molar-refractivity contribution in [1.29, 1.82) is 0 Å². The number of halogens is 1. The SMILES string of the molecule is CN(Cc1csc(Br)c1)c1ccc(C(=O)O)nn1. The molecular weight excluding hydrogens is 318 g/mol. The number of carboxylic acids is 1. The fourth-order valence-electron chi connectivity index (χ4n) is 1.43. The van der Waals surface area contributed by atoms with Crippen molar-refractivity contribution in [3.05, 3.63) is 38.6 Å². The molecule has 0 bridgehead atoms. The van der Waals surface area contributed by atoms with E-state index in [0.29, 0.717) is 12.4 Å². The van der Waals surface area contributed by atoms with E-state index >= 15 is 0 Å². The molecule has 0 atom stereocenters. The first-order chi connectivity index (χ1) is 8.56. The lowest BCUT2D eigenvalue weighted by atomic mass is 10.3. The second kappa shape index (κ2) is 5.45. The second-order valence-corrected chi connectivity index (χ2v) is 5.99. The summed E-state index contributed by atoms with van der Waals surface area (Å²) in [6.07, 6.45) is 0. The van der Waals surface area contributed by atoms with E-state index in [2.05, 4.69) is 31.5 Å². The third-order valence-electron chi connectivity index (χ3n) is 2.30. The summed E-state index contributed by atoms with van der Waals surface area (Å²) in [6.45, 7) is 0.698. The largest absolute Gasteiger partial charge is 0.476 e. The van der Waals surface area contributed by atoms with Crippen LogP contribution >= 0.6 is 27.3 Å². The number of carbonyl (C=O) groups is 1. The Morgan fingerprint density at radius 2 is 2.28 bits per heavy atom. The van der Waals surface area contributed by atoms with Crippen LogP contribution in [0.3, 0.4) is 0 Å². The van der Waals surface area contributed by atoms with Crippen molar-refractivity contribution in [1.82, 2.24) is 10.2 Å². The molecule has 5 nitrogen and oxygen atoms in total. The molecule has 2 aromatic heterocycles. The van der Waals surface area contributed by atoms with Gasteiger partial charge in [-0.05, 0) is 45.1 Å². The number of aromatic carboxylic acids is 1. The minimum atomic E-state index is -1.07. The van der Waals surface area contributed by atoms with Crippen molar-refractivity contribution in [3.8, 4) is 0 Å². The van der Waals surface area contributed by atoms with Gasteiger partial charge in [-0.15, -0.1) is 21.5 Å². The van der Waals surface area contributed by atoms with Gasteiger partial charge in [0.25, 0.3) is 0 Å². The summed E-state index contributed by atoms with van der Waals surface area (Å²) in [5, 5.41) is 18.3. The van der Waals surface area contributed by atoms with Gasteiger partial charge in [-0.2, -0.15) is 0 Å². The van der Waals surface area contributed by atoms with Crippen LogP contribution in [0.5, 0.6) is 0 Å². The first kappa shape index (κ1) is 13.0. The van der Waals surface area contributed by atoms with Crippen molar-refractivity contribution in [2.24, 2.45) is 0 Å². The summed E-state index contributed by atoms with van der Waals surface area (Å²) in [5.74, 6) is -0.430. The zero-order valence-electron chi connectivity index (χ0n) is 9.50. The number of aromatic nitrogens is 2. The van der Waals surface area contributed by atoms with Crippen molar-refractivity contribution in [2.45, 2.75) is 6.54 Å². The minimum Gasteiger partial charge on any atom is -0.476 e. The highest BCUT2D eigenvalue weighted by atomic mass is 79.9. The van der Waals surface area contributed by atoms with Crippen LogP contribution in [0.25, 0.3) is 0 Å². The highest BCUT2D eigenvalue weighted by Crippen LogP contribution is 2.22. The number of thiophene rings is 1. The average molecular weight is 328 g/mol. The fraction of sp³-hybridized carbons (Fsp3) is 0.182. The third kappa shape index (κ3) is 3.05. The molecule has 0 amide bonds. The molecule has 0 saturated heterocycles. The molecule has 1 N–H and O–H groups in total. The van der Waals surface area contributed by atoms with Crippen molar-refractivity contribution in [2.75, 3.05) is 11.9 Å². The molecule has 2 heterocycles. The van der Waals surface area contributed by atoms with E-state index in [1.54, 1.807) is 17.4 Å². The van der Waals surface area contributed by atoms with Gasteiger partial charge in [-0.25, -0.2) is 4.79 Å². The van der Waals surface area contributed by atoms with Gasteiger partial charge in [0.1, 0.15) is 0 Å². The van der Waals surface area contributed by atoms with Crippen LogP contribution in [0.15, 0.2) is 27.4 Å². The van der Waals surface area contributed by atoms with Crippen molar-refractivity contribution >= 4 is 39.1 Å². The molecule has 2 aromatic rings. The summed E-state index contributed by atoms with van der Waals surface area (Å²) in [7, 11) is 1.88. The van der Waals surface area contributed by atoms with E-state index in [-0.39, 0.29) is 5.69 Å². The van der Waals surface area contributed by atoms with Crippen LogP contribution in [0.1, 0.15) is 16.1 Å². The summed E-state index contributed by atoms with van der Waals surface area (Å²) in [4.78, 5) is 12.6. The molecule has 94 valence electrons. The number of carboxylic acid groups (broad SMARTS) is 1. The maximum absolute atomic E-state index is 10.7. The number of anilines is 1. The highest BCUT2D eigenvalue weighted by molar-refractivity contribution is 9.11. The Labute approximate surface area is 116 Å². The fourth-order valence-corrected chi connectivity index (χ4v) is 2.63. The third-order valence-corrected chi connectivity index (χ3v) is 3.86. The Balaban J connectivity index is 2.09. The minimum absolute atomic E-state index is 0.0505. The molecule has 0 unspecified atom stereocenters. The quantitative estimate of drug-likeness (QED) is 0.935. The van der Waals surface area contributed by atoms with Crippen LogP contribution in [0.4, 0.5) is 5.82 Å². The smallest absolute Gasteiger partial charge is 0.356 e. The Bertz CT molecular complexity index is 556.